The summed E-state index contributed by atoms with van der Waals surface area (Å²) < 4.78 is 5.61. The number of morpholine rings is 1. The quantitative estimate of drug-likeness (QED) is 0.790. The zero-order valence-electron chi connectivity index (χ0n) is 10.1. The van der Waals surface area contributed by atoms with Crippen molar-refractivity contribution in [3.63, 3.8) is 0 Å². The number of nitrogens with zero attached hydrogens (tertiary/aromatic N) is 1. The molecule has 1 N–H and O–H groups in total. The molecule has 1 aliphatic heterocycles. The highest BCUT2D eigenvalue weighted by Gasteiger charge is 2.24. The normalized spacial score (nSPS) is 25.8. The average Bonchev–Trinajstić information content (AvgIpc) is 2.26. The molecule has 3 nitrogen and oxygen atoms in total. The van der Waals surface area contributed by atoms with Crippen LogP contribution in [-0.4, -0.2) is 30.4 Å². The maximum Gasteiger partial charge on any atom is 0.120 e. The first kappa shape index (κ1) is 11.3. The lowest BCUT2D eigenvalue weighted by atomic mass is 10.1. The molecule has 0 aromatic heterocycles. The summed E-state index contributed by atoms with van der Waals surface area (Å²) >= 11 is 0. The van der Waals surface area contributed by atoms with Crippen LogP contribution in [-0.2, 0) is 4.74 Å². The van der Waals surface area contributed by atoms with Crippen LogP contribution >= 0.6 is 0 Å². The topological polar surface area (TPSA) is 32.7 Å². The van der Waals surface area contributed by atoms with Crippen LogP contribution < -0.4 is 4.90 Å². The van der Waals surface area contributed by atoms with Gasteiger partial charge in [0.2, 0.25) is 0 Å². The van der Waals surface area contributed by atoms with Crippen LogP contribution in [0.25, 0.3) is 0 Å². The van der Waals surface area contributed by atoms with Gasteiger partial charge in [-0.3, -0.25) is 0 Å². The fourth-order valence-electron chi connectivity index (χ4n) is 2.16. The second-order valence-corrected chi connectivity index (χ2v) is 4.57. The molecule has 1 heterocycles. The second-order valence-electron chi connectivity index (χ2n) is 4.57. The minimum absolute atomic E-state index is 0.248. The van der Waals surface area contributed by atoms with E-state index in [1.807, 2.05) is 13.0 Å². The molecule has 0 spiro atoms. The summed E-state index contributed by atoms with van der Waals surface area (Å²) in [5.74, 6) is 0.365. The van der Waals surface area contributed by atoms with Gasteiger partial charge in [-0.1, -0.05) is 6.07 Å². The maximum atomic E-state index is 9.72. The SMILES string of the molecule is Cc1c(O)cccc1N1CC(C)OCC1C. The van der Waals surface area contributed by atoms with E-state index in [9.17, 15) is 5.11 Å². The minimum atomic E-state index is 0.248. The van der Waals surface area contributed by atoms with Crippen LogP contribution in [0.4, 0.5) is 5.69 Å². The van der Waals surface area contributed by atoms with Crippen molar-refractivity contribution in [2.45, 2.75) is 32.9 Å². The molecular weight excluding hydrogens is 202 g/mol. The van der Waals surface area contributed by atoms with Crippen molar-refractivity contribution in [3.05, 3.63) is 23.8 Å². The molecule has 1 fully saturated rings. The highest BCUT2D eigenvalue weighted by Crippen LogP contribution is 2.30. The van der Waals surface area contributed by atoms with E-state index in [1.165, 1.54) is 0 Å². The number of ether oxygens (including phenoxy) is 1. The van der Waals surface area contributed by atoms with E-state index in [0.29, 0.717) is 11.8 Å². The van der Waals surface area contributed by atoms with E-state index in [2.05, 4.69) is 24.8 Å². The number of phenolic OH excluding ortho intramolecular Hbond substituents is 1. The molecular formula is C13H19NO2. The smallest absolute Gasteiger partial charge is 0.120 e. The van der Waals surface area contributed by atoms with Crippen molar-refractivity contribution in [2.75, 3.05) is 18.1 Å². The van der Waals surface area contributed by atoms with Gasteiger partial charge in [0.25, 0.3) is 0 Å². The Bertz CT molecular complexity index is 378. The Kier molecular flexibility index (Phi) is 3.06. The molecule has 16 heavy (non-hydrogen) atoms. The Morgan fingerprint density at radius 2 is 2.12 bits per heavy atom. The molecule has 0 saturated carbocycles. The molecule has 2 rings (SSSR count). The molecule has 0 bridgehead atoms. The van der Waals surface area contributed by atoms with Gasteiger partial charge in [-0.2, -0.15) is 0 Å². The third kappa shape index (κ3) is 2.00. The largest absolute Gasteiger partial charge is 0.508 e. The molecule has 1 aromatic rings. The molecule has 88 valence electrons. The van der Waals surface area contributed by atoms with Gasteiger partial charge in [0.05, 0.1) is 12.7 Å². The number of hydrogen-bond donors (Lipinski definition) is 1. The summed E-state index contributed by atoms with van der Waals surface area (Å²) in [7, 11) is 0. The van der Waals surface area contributed by atoms with Crippen molar-refractivity contribution in [2.24, 2.45) is 0 Å². The van der Waals surface area contributed by atoms with Gasteiger partial charge in [-0.05, 0) is 32.9 Å². The molecule has 0 aliphatic carbocycles. The predicted molar refractivity (Wildman–Crippen MR) is 65.1 cm³/mol. The predicted octanol–water partition coefficient (Wildman–Crippen LogP) is 2.31. The fourth-order valence-corrected chi connectivity index (χ4v) is 2.16. The van der Waals surface area contributed by atoms with Crippen molar-refractivity contribution in [1.82, 2.24) is 0 Å². The molecule has 1 aliphatic rings. The summed E-state index contributed by atoms with van der Waals surface area (Å²) in [6.45, 7) is 7.81. The third-order valence-electron chi connectivity index (χ3n) is 3.19. The fraction of sp³-hybridized carbons (Fsp3) is 0.538. The number of benzene rings is 1. The summed E-state index contributed by atoms with van der Waals surface area (Å²) in [5, 5.41) is 9.72. The van der Waals surface area contributed by atoms with Crippen LogP contribution in [0.15, 0.2) is 18.2 Å². The molecule has 0 amide bonds. The number of anilines is 1. The Balaban J connectivity index is 2.31. The van der Waals surface area contributed by atoms with E-state index < -0.39 is 0 Å². The van der Waals surface area contributed by atoms with E-state index in [1.54, 1.807) is 6.07 Å². The first-order valence-electron chi connectivity index (χ1n) is 5.76. The lowest BCUT2D eigenvalue weighted by Gasteiger charge is -2.39. The molecule has 2 unspecified atom stereocenters. The van der Waals surface area contributed by atoms with E-state index in [-0.39, 0.29) is 6.10 Å². The summed E-state index contributed by atoms with van der Waals surface area (Å²) in [6, 6.07) is 6.04. The number of aromatic hydroxyl groups is 1. The average molecular weight is 221 g/mol. The Morgan fingerprint density at radius 1 is 1.38 bits per heavy atom. The monoisotopic (exact) mass is 221 g/mol. The third-order valence-corrected chi connectivity index (χ3v) is 3.19. The molecule has 3 heteroatoms. The van der Waals surface area contributed by atoms with Gasteiger partial charge in [0.1, 0.15) is 5.75 Å². The van der Waals surface area contributed by atoms with Gasteiger partial charge in [0, 0.05) is 23.8 Å². The van der Waals surface area contributed by atoms with Crippen molar-refractivity contribution in [3.8, 4) is 5.75 Å². The molecule has 0 radical (unpaired) electrons. The van der Waals surface area contributed by atoms with Gasteiger partial charge in [-0.15, -0.1) is 0 Å². The standard InChI is InChI=1S/C13H19NO2/c1-9-8-16-10(2)7-14(9)12-5-4-6-13(15)11(12)3/h4-6,9-10,15H,7-8H2,1-3H3. The molecule has 1 saturated heterocycles. The lowest BCUT2D eigenvalue weighted by Crippen LogP contribution is -2.47. The highest BCUT2D eigenvalue weighted by molar-refractivity contribution is 5.59. The second kappa shape index (κ2) is 4.34. The zero-order valence-corrected chi connectivity index (χ0v) is 10.1. The van der Waals surface area contributed by atoms with E-state index >= 15 is 0 Å². The Hall–Kier alpha value is -1.22. The van der Waals surface area contributed by atoms with Gasteiger partial charge >= 0.3 is 0 Å². The Morgan fingerprint density at radius 3 is 2.88 bits per heavy atom. The van der Waals surface area contributed by atoms with E-state index in [4.69, 9.17) is 4.74 Å². The zero-order chi connectivity index (χ0) is 11.7. The van der Waals surface area contributed by atoms with Crippen LogP contribution in [0.1, 0.15) is 19.4 Å². The van der Waals surface area contributed by atoms with E-state index in [0.717, 1.165) is 24.4 Å². The first-order chi connectivity index (χ1) is 7.59. The van der Waals surface area contributed by atoms with Crippen LogP contribution in [0, 0.1) is 6.92 Å². The summed E-state index contributed by atoms with van der Waals surface area (Å²) in [4.78, 5) is 2.31. The summed E-state index contributed by atoms with van der Waals surface area (Å²) in [5.41, 5.74) is 2.06. The Labute approximate surface area is 96.6 Å². The van der Waals surface area contributed by atoms with Crippen molar-refractivity contribution < 1.29 is 9.84 Å². The van der Waals surface area contributed by atoms with Gasteiger partial charge in [0.15, 0.2) is 0 Å². The van der Waals surface area contributed by atoms with Gasteiger partial charge in [-0.25, -0.2) is 0 Å². The van der Waals surface area contributed by atoms with Crippen LogP contribution in [0.3, 0.4) is 0 Å². The summed E-state index contributed by atoms with van der Waals surface area (Å²) in [6.07, 6.45) is 0.248. The first-order valence-corrected chi connectivity index (χ1v) is 5.76. The molecule has 2 atom stereocenters. The highest BCUT2D eigenvalue weighted by atomic mass is 16.5. The van der Waals surface area contributed by atoms with Crippen molar-refractivity contribution >= 4 is 5.69 Å². The molecule has 1 aromatic carbocycles. The van der Waals surface area contributed by atoms with Crippen LogP contribution in [0.5, 0.6) is 5.75 Å². The number of rotatable bonds is 1. The van der Waals surface area contributed by atoms with Gasteiger partial charge < -0.3 is 14.7 Å². The van der Waals surface area contributed by atoms with Crippen LogP contribution in [0.2, 0.25) is 0 Å². The minimum Gasteiger partial charge on any atom is -0.508 e. The number of phenols is 1. The lowest BCUT2D eigenvalue weighted by molar-refractivity contribution is 0.0343. The van der Waals surface area contributed by atoms with Crippen molar-refractivity contribution in [1.29, 1.82) is 0 Å². The number of hydrogen-bond acceptors (Lipinski definition) is 3. The maximum absolute atomic E-state index is 9.72.